The molecule has 3 rings (SSSR count). The van der Waals surface area contributed by atoms with Gasteiger partial charge in [0.15, 0.2) is 0 Å². The number of nitriles is 1. The van der Waals surface area contributed by atoms with E-state index >= 15 is 0 Å². The number of hydrogen-bond donors (Lipinski definition) is 0. The number of aromatic nitrogens is 1. The molecule has 3 heteroatoms. The largest absolute Gasteiger partial charge is 0.239 e. The van der Waals surface area contributed by atoms with Gasteiger partial charge in [0.25, 0.3) is 0 Å². The molecular weight excluding hydrogens is 192 g/mol. The molecule has 0 saturated heterocycles. The number of para-hydroxylation sites is 1. The van der Waals surface area contributed by atoms with Crippen LogP contribution < -0.4 is 0 Å². The lowest BCUT2D eigenvalue weighted by molar-refractivity contribution is 0.895. The van der Waals surface area contributed by atoms with E-state index in [0.717, 1.165) is 23.4 Å². The Morgan fingerprint density at radius 2 is 2.14 bits per heavy atom. The lowest BCUT2D eigenvalue weighted by Crippen LogP contribution is -2.00. The van der Waals surface area contributed by atoms with Crippen molar-refractivity contribution < 1.29 is 0 Å². The van der Waals surface area contributed by atoms with Gasteiger partial charge in [0.2, 0.25) is 0 Å². The average molecular weight is 200 g/mol. The van der Waals surface area contributed by atoms with Crippen molar-refractivity contribution in [2.24, 2.45) is 0 Å². The minimum atomic E-state index is -0.232. The Labute approximate surface area is 85.8 Å². The molecule has 14 heavy (non-hydrogen) atoms. The summed E-state index contributed by atoms with van der Waals surface area (Å²) in [6.45, 7) is 0. The number of nitrogens with zero attached hydrogens (tertiary/aromatic N) is 2. The molecule has 1 aliphatic carbocycles. The highest BCUT2D eigenvalue weighted by Gasteiger charge is 2.47. The summed E-state index contributed by atoms with van der Waals surface area (Å²) in [4.78, 5) is 4.51. The number of fused-ring (bicyclic) bond motifs is 1. The number of rotatable bonds is 1. The molecule has 1 heterocycles. The van der Waals surface area contributed by atoms with Crippen molar-refractivity contribution in [1.82, 2.24) is 4.98 Å². The fourth-order valence-electron chi connectivity index (χ4n) is 1.58. The Morgan fingerprint density at radius 1 is 1.36 bits per heavy atom. The summed E-state index contributed by atoms with van der Waals surface area (Å²) in [6, 6.07) is 10.4. The number of benzene rings is 1. The van der Waals surface area contributed by atoms with E-state index in [1.54, 1.807) is 11.3 Å². The van der Waals surface area contributed by atoms with Crippen molar-refractivity contribution >= 4 is 21.6 Å². The molecule has 0 unspecified atom stereocenters. The predicted molar refractivity (Wildman–Crippen MR) is 56.1 cm³/mol. The van der Waals surface area contributed by atoms with Gasteiger partial charge in [-0.15, -0.1) is 11.3 Å². The summed E-state index contributed by atoms with van der Waals surface area (Å²) in [6.07, 6.45) is 1.95. The van der Waals surface area contributed by atoms with Crippen LogP contribution in [0.3, 0.4) is 0 Å². The molecule has 1 aliphatic rings. The van der Waals surface area contributed by atoms with Crippen LogP contribution in [0.5, 0.6) is 0 Å². The second kappa shape index (κ2) is 2.55. The Morgan fingerprint density at radius 3 is 2.79 bits per heavy atom. The molecule has 1 fully saturated rings. The van der Waals surface area contributed by atoms with Gasteiger partial charge >= 0.3 is 0 Å². The van der Waals surface area contributed by atoms with Crippen molar-refractivity contribution in [3.8, 4) is 6.07 Å². The van der Waals surface area contributed by atoms with Crippen LogP contribution in [-0.4, -0.2) is 4.98 Å². The van der Waals surface area contributed by atoms with Crippen LogP contribution in [0.4, 0.5) is 0 Å². The monoisotopic (exact) mass is 200 g/mol. The third kappa shape index (κ3) is 0.978. The SMILES string of the molecule is N#CC1(c2nc3ccccc3s2)CC1. The smallest absolute Gasteiger partial charge is 0.114 e. The normalized spacial score (nSPS) is 17.9. The molecule has 1 aromatic carbocycles. The molecule has 1 saturated carbocycles. The summed E-state index contributed by atoms with van der Waals surface area (Å²) >= 11 is 1.66. The molecule has 2 nitrogen and oxygen atoms in total. The standard InChI is InChI=1S/C11H8N2S/c12-7-11(5-6-11)10-13-8-3-1-2-4-9(8)14-10/h1-4H,5-6H2. The molecular formula is C11H8N2S. The molecule has 0 N–H and O–H groups in total. The van der Waals surface area contributed by atoms with Crippen LogP contribution in [0, 0.1) is 11.3 Å². The van der Waals surface area contributed by atoms with Gasteiger partial charge in [-0.1, -0.05) is 12.1 Å². The second-order valence-electron chi connectivity index (χ2n) is 3.68. The Hall–Kier alpha value is -1.40. The first-order valence-corrected chi connectivity index (χ1v) is 5.43. The molecule has 0 aliphatic heterocycles. The van der Waals surface area contributed by atoms with E-state index in [0.29, 0.717) is 0 Å². The lowest BCUT2D eigenvalue weighted by atomic mass is 10.1. The highest BCUT2D eigenvalue weighted by atomic mass is 32.1. The van der Waals surface area contributed by atoms with Crippen LogP contribution in [0.15, 0.2) is 24.3 Å². The minimum Gasteiger partial charge on any atom is -0.239 e. The maximum Gasteiger partial charge on any atom is 0.114 e. The molecule has 1 aromatic heterocycles. The second-order valence-corrected chi connectivity index (χ2v) is 4.71. The topological polar surface area (TPSA) is 36.7 Å². The van der Waals surface area contributed by atoms with Crippen molar-refractivity contribution in [3.05, 3.63) is 29.3 Å². The van der Waals surface area contributed by atoms with Crippen LogP contribution in [0.1, 0.15) is 17.8 Å². The summed E-state index contributed by atoms with van der Waals surface area (Å²) in [7, 11) is 0. The van der Waals surface area contributed by atoms with E-state index < -0.39 is 0 Å². The van der Waals surface area contributed by atoms with Gasteiger partial charge in [-0.3, -0.25) is 0 Å². The molecule has 68 valence electrons. The quantitative estimate of drug-likeness (QED) is 0.709. The van der Waals surface area contributed by atoms with E-state index in [2.05, 4.69) is 17.1 Å². The first-order valence-electron chi connectivity index (χ1n) is 4.61. The summed E-state index contributed by atoms with van der Waals surface area (Å²) in [5.41, 5.74) is 0.790. The van der Waals surface area contributed by atoms with E-state index in [-0.39, 0.29) is 5.41 Å². The first kappa shape index (κ1) is 7.95. The fourth-order valence-corrected chi connectivity index (χ4v) is 2.74. The van der Waals surface area contributed by atoms with E-state index in [1.165, 1.54) is 4.70 Å². The molecule has 2 aromatic rings. The maximum absolute atomic E-state index is 9.05. The third-order valence-corrected chi connectivity index (χ3v) is 3.91. The molecule has 0 amide bonds. The molecule has 0 atom stereocenters. The highest BCUT2D eigenvalue weighted by molar-refractivity contribution is 7.18. The zero-order chi connectivity index (χ0) is 9.60. The third-order valence-electron chi connectivity index (χ3n) is 2.67. The van der Waals surface area contributed by atoms with E-state index in [4.69, 9.17) is 5.26 Å². The van der Waals surface area contributed by atoms with Gasteiger partial charge in [-0.25, -0.2) is 4.98 Å². The van der Waals surface area contributed by atoms with Gasteiger partial charge in [0.05, 0.1) is 16.3 Å². The van der Waals surface area contributed by atoms with Crippen LogP contribution in [-0.2, 0) is 5.41 Å². The van der Waals surface area contributed by atoms with Gasteiger partial charge in [-0.05, 0) is 25.0 Å². The minimum absolute atomic E-state index is 0.232. The summed E-state index contributed by atoms with van der Waals surface area (Å²) in [5, 5.41) is 10.1. The number of hydrogen-bond acceptors (Lipinski definition) is 3. The molecule has 0 bridgehead atoms. The van der Waals surface area contributed by atoms with Gasteiger partial charge in [0.1, 0.15) is 10.4 Å². The first-order chi connectivity index (χ1) is 6.84. The Bertz CT molecular complexity index is 498. The summed E-state index contributed by atoms with van der Waals surface area (Å²) in [5.74, 6) is 0. The zero-order valence-corrected chi connectivity index (χ0v) is 8.34. The lowest BCUT2D eigenvalue weighted by Gasteiger charge is -1.96. The zero-order valence-electron chi connectivity index (χ0n) is 7.53. The highest BCUT2D eigenvalue weighted by Crippen LogP contribution is 2.49. The van der Waals surface area contributed by atoms with E-state index in [1.807, 2.05) is 18.2 Å². The number of thiazole rings is 1. The maximum atomic E-state index is 9.05. The van der Waals surface area contributed by atoms with Crippen LogP contribution in [0.25, 0.3) is 10.2 Å². The molecule has 0 radical (unpaired) electrons. The van der Waals surface area contributed by atoms with Crippen molar-refractivity contribution in [1.29, 1.82) is 5.26 Å². The van der Waals surface area contributed by atoms with Crippen molar-refractivity contribution in [3.63, 3.8) is 0 Å². The van der Waals surface area contributed by atoms with Gasteiger partial charge in [0, 0.05) is 0 Å². The Balaban J connectivity index is 2.21. The Kier molecular flexibility index (Phi) is 1.45. The van der Waals surface area contributed by atoms with Crippen LogP contribution >= 0.6 is 11.3 Å². The summed E-state index contributed by atoms with van der Waals surface area (Å²) < 4.78 is 1.18. The predicted octanol–water partition coefficient (Wildman–Crippen LogP) is 2.85. The van der Waals surface area contributed by atoms with Crippen LogP contribution in [0.2, 0.25) is 0 Å². The molecule has 0 spiro atoms. The fraction of sp³-hybridized carbons (Fsp3) is 0.273. The van der Waals surface area contributed by atoms with Gasteiger partial charge in [-0.2, -0.15) is 5.26 Å². The van der Waals surface area contributed by atoms with E-state index in [9.17, 15) is 0 Å². The van der Waals surface area contributed by atoms with Crippen molar-refractivity contribution in [2.45, 2.75) is 18.3 Å². The van der Waals surface area contributed by atoms with Crippen molar-refractivity contribution in [2.75, 3.05) is 0 Å². The van der Waals surface area contributed by atoms with Gasteiger partial charge < -0.3 is 0 Å². The average Bonchev–Trinajstić information content (AvgIpc) is 2.91.